The molecule has 1 aromatic carbocycles. The fourth-order valence-corrected chi connectivity index (χ4v) is 6.43. The molecule has 3 rings (SSSR count). The summed E-state index contributed by atoms with van der Waals surface area (Å²) < 4.78 is 38.4. The summed E-state index contributed by atoms with van der Waals surface area (Å²) in [4.78, 5) is 14.5. The number of sulfonamides is 1. The van der Waals surface area contributed by atoms with E-state index in [2.05, 4.69) is 15.9 Å². The number of carbonyl (C=O) groups is 1. The Bertz CT molecular complexity index is 924. The third-order valence-electron chi connectivity index (χ3n) is 4.31. The quantitative estimate of drug-likeness (QED) is 0.560. The Hall–Kier alpha value is -1.46. The number of thiophene rings is 1. The third-order valence-corrected chi connectivity index (χ3v) is 8.30. The van der Waals surface area contributed by atoms with E-state index < -0.39 is 10.0 Å². The van der Waals surface area contributed by atoms with Crippen molar-refractivity contribution in [2.24, 2.45) is 0 Å². The van der Waals surface area contributed by atoms with Gasteiger partial charge in [-0.05, 0) is 46.3 Å². The van der Waals surface area contributed by atoms with Gasteiger partial charge in [-0.3, -0.25) is 4.79 Å². The second kappa shape index (κ2) is 9.36. The maximum atomic E-state index is 12.8. The summed E-state index contributed by atoms with van der Waals surface area (Å²) in [6.45, 7) is 2.11. The Kier molecular flexibility index (Phi) is 7.10. The van der Waals surface area contributed by atoms with Crippen molar-refractivity contribution in [1.29, 1.82) is 0 Å². The molecule has 152 valence electrons. The predicted octanol–water partition coefficient (Wildman–Crippen LogP) is 2.68. The number of hydrogen-bond donors (Lipinski definition) is 0. The number of benzene rings is 1. The van der Waals surface area contributed by atoms with Gasteiger partial charge in [-0.1, -0.05) is 6.07 Å². The number of piperazine rings is 1. The van der Waals surface area contributed by atoms with E-state index in [1.165, 1.54) is 15.6 Å². The molecule has 1 fully saturated rings. The summed E-state index contributed by atoms with van der Waals surface area (Å²) >= 11 is 4.48. The summed E-state index contributed by atoms with van der Waals surface area (Å²) in [5, 5.41) is 0. The van der Waals surface area contributed by atoms with Crippen molar-refractivity contribution in [3.05, 3.63) is 45.7 Å². The molecular weight excluding hydrogens is 468 g/mol. The van der Waals surface area contributed by atoms with Crippen molar-refractivity contribution in [1.82, 2.24) is 9.21 Å². The standard InChI is InChI=1S/C18H21BrN2O5S2/c1-25-11-12-26-15-4-2-3-14(13-15)18(22)20-7-9-21(10-8-20)28(23,24)17-6-5-16(19)27-17/h2-6,13H,7-12H2,1H3. The van der Waals surface area contributed by atoms with Gasteiger partial charge in [0.15, 0.2) is 0 Å². The van der Waals surface area contributed by atoms with E-state index in [0.29, 0.717) is 41.8 Å². The van der Waals surface area contributed by atoms with E-state index in [-0.39, 0.29) is 19.0 Å². The van der Waals surface area contributed by atoms with Crippen LogP contribution < -0.4 is 4.74 Å². The van der Waals surface area contributed by atoms with Gasteiger partial charge in [0.25, 0.3) is 15.9 Å². The summed E-state index contributed by atoms with van der Waals surface area (Å²) in [6.07, 6.45) is 0. The Morgan fingerprint density at radius 3 is 2.54 bits per heavy atom. The second-order valence-electron chi connectivity index (χ2n) is 6.12. The molecule has 28 heavy (non-hydrogen) atoms. The summed E-state index contributed by atoms with van der Waals surface area (Å²) in [5.41, 5.74) is 0.522. The van der Waals surface area contributed by atoms with Gasteiger partial charge < -0.3 is 14.4 Å². The molecule has 0 bridgehead atoms. The molecule has 0 unspecified atom stereocenters. The van der Waals surface area contributed by atoms with Crippen LogP contribution in [0.15, 0.2) is 44.4 Å². The number of halogens is 1. The minimum atomic E-state index is -3.52. The number of rotatable bonds is 7. The smallest absolute Gasteiger partial charge is 0.254 e. The number of carbonyl (C=O) groups excluding carboxylic acids is 1. The average Bonchev–Trinajstić information content (AvgIpc) is 3.15. The first-order valence-corrected chi connectivity index (χ1v) is 11.7. The largest absolute Gasteiger partial charge is 0.491 e. The molecule has 1 saturated heterocycles. The zero-order valence-electron chi connectivity index (χ0n) is 15.3. The summed E-state index contributed by atoms with van der Waals surface area (Å²) in [6, 6.07) is 10.3. The van der Waals surface area contributed by atoms with E-state index in [1.54, 1.807) is 48.4 Å². The fourth-order valence-electron chi connectivity index (χ4n) is 2.84. The van der Waals surface area contributed by atoms with Crippen LogP contribution in [0.5, 0.6) is 5.75 Å². The van der Waals surface area contributed by atoms with Crippen LogP contribution >= 0.6 is 27.3 Å². The number of ether oxygens (including phenoxy) is 2. The van der Waals surface area contributed by atoms with Crippen molar-refractivity contribution in [2.45, 2.75) is 4.21 Å². The first kappa shape index (κ1) is 21.3. The molecule has 10 heteroatoms. The van der Waals surface area contributed by atoms with Crippen LogP contribution in [0.1, 0.15) is 10.4 Å². The highest BCUT2D eigenvalue weighted by Crippen LogP contribution is 2.29. The van der Waals surface area contributed by atoms with E-state index >= 15 is 0 Å². The van der Waals surface area contributed by atoms with Crippen LogP contribution in [0.3, 0.4) is 0 Å². The van der Waals surface area contributed by atoms with Gasteiger partial charge in [0.2, 0.25) is 0 Å². The van der Waals surface area contributed by atoms with Gasteiger partial charge in [-0.25, -0.2) is 8.42 Å². The van der Waals surface area contributed by atoms with Gasteiger partial charge in [0, 0.05) is 38.9 Å². The molecule has 0 radical (unpaired) electrons. The molecule has 0 N–H and O–H groups in total. The maximum absolute atomic E-state index is 12.8. The molecular formula is C18H21BrN2O5S2. The first-order chi connectivity index (χ1) is 13.4. The SMILES string of the molecule is COCCOc1cccc(C(=O)N2CCN(S(=O)(=O)c3ccc(Br)s3)CC2)c1. The summed E-state index contributed by atoms with van der Waals surface area (Å²) in [5.74, 6) is 0.473. The van der Waals surface area contributed by atoms with E-state index in [9.17, 15) is 13.2 Å². The first-order valence-electron chi connectivity index (χ1n) is 8.68. The van der Waals surface area contributed by atoms with Crippen LogP contribution in [0.4, 0.5) is 0 Å². The van der Waals surface area contributed by atoms with Crippen LogP contribution in [0.25, 0.3) is 0 Å². The van der Waals surface area contributed by atoms with Gasteiger partial charge >= 0.3 is 0 Å². The van der Waals surface area contributed by atoms with Crippen molar-refractivity contribution in [3.63, 3.8) is 0 Å². The van der Waals surface area contributed by atoms with Crippen molar-refractivity contribution >= 4 is 43.2 Å². The van der Waals surface area contributed by atoms with Gasteiger partial charge in [0.05, 0.1) is 10.4 Å². The lowest BCUT2D eigenvalue weighted by molar-refractivity contribution is 0.0697. The van der Waals surface area contributed by atoms with E-state index in [4.69, 9.17) is 9.47 Å². The van der Waals surface area contributed by atoms with Crippen molar-refractivity contribution in [3.8, 4) is 5.75 Å². The van der Waals surface area contributed by atoms with Crippen LogP contribution in [0, 0.1) is 0 Å². The lowest BCUT2D eigenvalue weighted by Crippen LogP contribution is -2.50. The molecule has 0 aliphatic carbocycles. The highest BCUT2D eigenvalue weighted by Gasteiger charge is 2.31. The Morgan fingerprint density at radius 2 is 1.89 bits per heavy atom. The second-order valence-corrected chi connectivity index (χ2v) is 10.8. The molecule has 1 amide bonds. The Labute approximate surface area is 177 Å². The monoisotopic (exact) mass is 488 g/mol. The molecule has 1 aliphatic heterocycles. The molecule has 0 spiro atoms. The van der Waals surface area contributed by atoms with Gasteiger partial charge in [0.1, 0.15) is 16.6 Å². The average molecular weight is 489 g/mol. The minimum absolute atomic E-state index is 0.131. The lowest BCUT2D eigenvalue weighted by Gasteiger charge is -2.33. The van der Waals surface area contributed by atoms with Gasteiger partial charge in [-0.15, -0.1) is 11.3 Å². The number of amides is 1. The normalized spacial score (nSPS) is 15.6. The zero-order valence-corrected chi connectivity index (χ0v) is 18.6. The summed E-state index contributed by atoms with van der Waals surface area (Å²) in [7, 11) is -1.92. The molecule has 7 nitrogen and oxygen atoms in total. The van der Waals surface area contributed by atoms with E-state index in [1.807, 2.05) is 0 Å². The number of hydrogen-bond acceptors (Lipinski definition) is 6. The highest BCUT2D eigenvalue weighted by molar-refractivity contribution is 9.11. The molecule has 1 aromatic heterocycles. The molecule has 0 saturated carbocycles. The Balaban J connectivity index is 1.62. The molecule has 0 atom stereocenters. The topological polar surface area (TPSA) is 76.2 Å². The Morgan fingerprint density at radius 1 is 1.14 bits per heavy atom. The fraction of sp³-hybridized carbons (Fsp3) is 0.389. The predicted molar refractivity (Wildman–Crippen MR) is 110 cm³/mol. The maximum Gasteiger partial charge on any atom is 0.254 e. The van der Waals surface area contributed by atoms with Crippen molar-refractivity contribution < 1.29 is 22.7 Å². The number of methoxy groups -OCH3 is 1. The van der Waals surface area contributed by atoms with Crippen LogP contribution in [-0.4, -0.2) is 70.0 Å². The zero-order chi connectivity index (χ0) is 20.1. The lowest BCUT2D eigenvalue weighted by atomic mass is 10.1. The van der Waals surface area contributed by atoms with Crippen molar-refractivity contribution in [2.75, 3.05) is 46.5 Å². The number of nitrogens with zero attached hydrogens (tertiary/aromatic N) is 2. The van der Waals surface area contributed by atoms with Crippen LogP contribution in [-0.2, 0) is 14.8 Å². The van der Waals surface area contributed by atoms with E-state index in [0.717, 1.165) is 3.79 Å². The molecule has 1 aliphatic rings. The minimum Gasteiger partial charge on any atom is -0.491 e. The molecule has 2 heterocycles. The van der Waals surface area contributed by atoms with Gasteiger partial charge in [-0.2, -0.15) is 4.31 Å². The van der Waals surface area contributed by atoms with Crippen LogP contribution in [0.2, 0.25) is 0 Å². The highest BCUT2D eigenvalue weighted by atomic mass is 79.9. The third kappa shape index (κ3) is 4.93. The molecule has 2 aromatic rings.